The van der Waals surface area contributed by atoms with Crippen molar-refractivity contribution in [1.29, 1.82) is 0 Å². The van der Waals surface area contributed by atoms with E-state index in [9.17, 15) is 8.42 Å². The highest BCUT2D eigenvalue weighted by Gasteiger charge is 2.25. The van der Waals surface area contributed by atoms with Crippen LogP contribution in [-0.2, 0) is 16.6 Å². The van der Waals surface area contributed by atoms with Gasteiger partial charge < -0.3 is 5.11 Å². The molecule has 0 amide bonds. The molecule has 1 aromatic heterocycles. The van der Waals surface area contributed by atoms with Crippen molar-refractivity contribution in [2.45, 2.75) is 56.6 Å². The third kappa shape index (κ3) is 3.78. The fourth-order valence-electron chi connectivity index (χ4n) is 2.63. The van der Waals surface area contributed by atoms with Crippen LogP contribution in [0.2, 0.25) is 0 Å². The topological polar surface area (TPSA) is 66.4 Å². The Bertz CT molecular complexity index is 504. The average Bonchev–Trinajstić information content (AvgIpc) is 2.89. The lowest BCUT2D eigenvalue weighted by atomic mass is 9.85. The summed E-state index contributed by atoms with van der Waals surface area (Å²) in [5, 5.41) is 10.6. The maximum absolute atomic E-state index is 12.2. The Balaban J connectivity index is 2.03. The molecule has 1 aliphatic rings. The highest BCUT2D eigenvalue weighted by molar-refractivity contribution is 7.89. The van der Waals surface area contributed by atoms with Gasteiger partial charge in [0.25, 0.3) is 0 Å². The van der Waals surface area contributed by atoms with E-state index in [1.54, 1.807) is 11.4 Å². The summed E-state index contributed by atoms with van der Waals surface area (Å²) < 4.78 is 27.2. The molecule has 1 unspecified atom stereocenters. The Labute approximate surface area is 118 Å². The van der Waals surface area contributed by atoms with Gasteiger partial charge in [0.1, 0.15) is 0 Å². The van der Waals surface area contributed by atoms with Gasteiger partial charge in [-0.15, -0.1) is 11.3 Å². The lowest BCUT2D eigenvalue weighted by Crippen LogP contribution is -2.38. The van der Waals surface area contributed by atoms with Crippen molar-refractivity contribution in [1.82, 2.24) is 4.72 Å². The lowest BCUT2D eigenvalue weighted by molar-refractivity contribution is 0.285. The summed E-state index contributed by atoms with van der Waals surface area (Å²) >= 11 is 1.27. The van der Waals surface area contributed by atoms with E-state index in [1.807, 2.05) is 6.92 Å². The average molecular weight is 303 g/mol. The molecule has 2 rings (SSSR count). The first kappa shape index (κ1) is 15.0. The summed E-state index contributed by atoms with van der Waals surface area (Å²) in [7, 11) is -3.45. The van der Waals surface area contributed by atoms with E-state index in [-0.39, 0.29) is 17.5 Å². The van der Waals surface area contributed by atoms with E-state index in [1.165, 1.54) is 30.6 Å². The van der Waals surface area contributed by atoms with Crippen LogP contribution in [0.5, 0.6) is 0 Å². The molecule has 0 aliphatic heterocycles. The number of rotatable bonds is 5. The van der Waals surface area contributed by atoms with Gasteiger partial charge in [0.05, 0.1) is 11.5 Å². The molecule has 19 heavy (non-hydrogen) atoms. The van der Waals surface area contributed by atoms with Crippen LogP contribution in [0.25, 0.3) is 0 Å². The second-order valence-electron chi connectivity index (χ2n) is 5.21. The van der Waals surface area contributed by atoms with Crippen molar-refractivity contribution in [2.24, 2.45) is 5.92 Å². The zero-order chi connectivity index (χ0) is 13.9. The van der Waals surface area contributed by atoms with E-state index in [2.05, 4.69) is 4.72 Å². The third-order valence-electron chi connectivity index (χ3n) is 3.79. The molecular weight excluding hydrogens is 282 g/mol. The second-order valence-corrected chi connectivity index (χ2v) is 7.92. The van der Waals surface area contributed by atoms with Gasteiger partial charge in [0, 0.05) is 16.3 Å². The van der Waals surface area contributed by atoms with Crippen molar-refractivity contribution in [3.05, 3.63) is 16.3 Å². The Morgan fingerprint density at radius 3 is 2.68 bits per heavy atom. The molecule has 6 heteroatoms. The Morgan fingerprint density at radius 1 is 1.42 bits per heavy atom. The van der Waals surface area contributed by atoms with Crippen LogP contribution in [0.1, 0.15) is 43.9 Å². The van der Waals surface area contributed by atoms with Gasteiger partial charge in [0.2, 0.25) is 10.0 Å². The molecule has 1 aromatic rings. The Morgan fingerprint density at radius 2 is 2.11 bits per heavy atom. The van der Waals surface area contributed by atoms with Crippen molar-refractivity contribution in [3.63, 3.8) is 0 Å². The molecule has 4 nitrogen and oxygen atoms in total. The van der Waals surface area contributed by atoms with Crippen LogP contribution < -0.4 is 4.72 Å². The van der Waals surface area contributed by atoms with Crippen LogP contribution in [0.3, 0.4) is 0 Å². The van der Waals surface area contributed by atoms with Crippen LogP contribution in [-0.4, -0.2) is 19.6 Å². The number of sulfonamides is 1. The minimum Gasteiger partial charge on any atom is -0.391 e. The summed E-state index contributed by atoms with van der Waals surface area (Å²) in [6, 6.07) is 1.52. The Hall–Kier alpha value is -0.430. The molecule has 0 spiro atoms. The highest BCUT2D eigenvalue weighted by atomic mass is 32.2. The molecule has 0 bridgehead atoms. The first-order valence-corrected chi connectivity index (χ1v) is 9.10. The quantitative estimate of drug-likeness (QED) is 0.878. The number of nitrogens with one attached hydrogen (secondary N) is 1. The van der Waals surface area contributed by atoms with E-state index >= 15 is 0 Å². The molecule has 0 aromatic carbocycles. The van der Waals surface area contributed by atoms with E-state index in [4.69, 9.17) is 5.11 Å². The number of thiophene rings is 1. The van der Waals surface area contributed by atoms with E-state index in [0.29, 0.717) is 10.8 Å². The summed E-state index contributed by atoms with van der Waals surface area (Å²) in [6.07, 6.45) is 5.87. The second kappa shape index (κ2) is 6.35. The fraction of sp³-hybridized carbons (Fsp3) is 0.692. The summed E-state index contributed by atoms with van der Waals surface area (Å²) in [4.78, 5) is 0.940. The van der Waals surface area contributed by atoms with E-state index in [0.717, 1.165) is 12.8 Å². The molecule has 1 atom stereocenters. The zero-order valence-electron chi connectivity index (χ0n) is 11.1. The number of hydrogen-bond donors (Lipinski definition) is 2. The smallest absolute Gasteiger partial charge is 0.241 e. The Kier molecular flexibility index (Phi) is 5.00. The van der Waals surface area contributed by atoms with Crippen LogP contribution in [0.4, 0.5) is 0 Å². The third-order valence-corrected chi connectivity index (χ3v) is 6.40. The minimum absolute atomic E-state index is 0.0252. The molecule has 1 saturated carbocycles. The minimum atomic E-state index is -3.45. The first-order chi connectivity index (χ1) is 9.03. The SMILES string of the molecule is CC(NS(=O)(=O)c1csc(CO)c1)C1CCCCC1. The number of aliphatic hydroxyl groups excluding tert-OH is 1. The van der Waals surface area contributed by atoms with Gasteiger partial charge in [-0.3, -0.25) is 0 Å². The van der Waals surface area contributed by atoms with Gasteiger partial charge in [-0.05, 0) is 31.7 Å². The molecule has 0 radical (unpaired) electrons. The van der Waals surface area contributed by atoms with Crippen LogP contribution in [0.15, 0.2) is 16.3 Å². The molecule has 2 N–H and O–H groups in total. The van der Waals surface area contributed by atoms with Gasteiger partial charge in [-0.2, -0.15) is 0 Å². The first-order valence-electron chi connectivity index (χ1n) is 6.73. The lowest BCUT2D eigenvalue weighted by Gasteiger charge is -2.27. The highest BCUT2D eigenvalue weighted by Crippen LogP contribution is 2.27. The predicted octanol–water partition coefficient (Wildman–Crippen LogP) is 2.49. The summed E-state index contributed by atoms with van der Waals surface area (Å²) in [6.45, 7) is 1.84. The number of aliphatic hydroxyl groups is 1. The fourth-order valence-corrected chi connectivity index (χ4v) is 5.07. The van der Waals surface area contributed by atoms with Crippen molar-refractivity contribution >= 4 is 21.4 Å². The maximum Gasteiger partial charge on any atom is 0.241 e. The van der Waals surface area contributed by atoms with Crippen molar-refractivity contribution in [2.75, 3.05) is 0 Å². The van der Waals surface area contributed by atoms with Crippen molar-refractivity contribution < 1.29 is 13.5 Å². The largest absolute Gasteiger partial charge is 0.391 e. The standard InChI is InChI=1S/C13H21NO3S2/c1-10(11-5-3-2-4-6-11)14-19(16,17)13-7-12(8-15)18-9-13/h7,9-11,14-15H,2-6,8H2,1H3. The molecular formula is C13H21NO3S2. The monoisotopic (exact) mass is 303 g/mol. The van der Waals surface area contributed by atoms with Gasteiger partial charge in [0.15, 0.2) is 0 Å². The van der Waals surface area contributed by atoms with Crippen LogP contribution in [0, 0.1) is 5.92 Å². The van der Waals surface area contributed by atoms with E-state index < -0.39 is 10.0 Å². The van der Waals surface area contributed by atoms with Crippen molar-refractivity contribution in [3.8, 4) is 0 Å². The molecule has 0 saturated heterocycles. The maximum atomic E-state index is 12.2. The van der Waals surface area contributed by atoms with Gasteiger partial charge >= 0.3 is 0 Å². The summed E-state index contributed by atoms with van der Waals surface area (Å²) in [5.41, 5.74) is 0. The molecule has 1 fully saturated rings. The zero-order valence-corrected chi connectivity index (χ0v) is 12.8. The molecule has 1 aliphatic carbocycles. The van der Waals surface area contributed by atoms with Gasteiger partial charge in [-0.25, -0.2) is 13.1 Å². The van der Waals surface area contributed by atoms with Crippen LogP contribution >= 0.6 is 11.3 Å². The molecule has 1 heterocycles. The molecule has 108 valence electrons. The summed E-state index contributed by atoms with van der Waals surface area (Å²) in [5.74, 6) is 0.444. The normalized spacial score (nSPS) is 19.5. The predicted molar refractivity (Wildman–Crippen MR) is 76.6 cm³/mol. The number of hydrogen-bond acceptors (Lipinski definition) is 4. The van der Waals surface area contributed by atoms with Gasteiger partial charge in [-0.1, -0.05) is 19.3 Å².